The van der Waals surface area contributed by atoms with Gasteiger partial charge in [-0.05, 0) is 48.0 Å². The quantitative estimate of drug-likeness (QED) is 0.695. The van der Waals surface area contributed by atoms with E-state index in [1.807, 2.05) is 6.07 Å². The molecule has 2 amide bonds. The van der Waals surface area contributed by atoms with E-state index in [2.05, 4.69) is 15.6 Å². The van der Waals surface area contributed by atoms with E-state index in [1.165, 1.54) is 42.7 Å². The van der Waals surface area contributed by atoms with Gasteiger partial charge in [-0.3, -0.25) is 14.6 Å². The molecule has 0 radical (unpaired) electrons. The number of hydrogen-bond donors (Lipinski definition) is 2. The van der Waals surface area contributed by atoms with Crippen LogP contribution in [0.4, 0.5) is 10.1 Å². The van der Waals surface area contributed by atoms with Gasteiger partial charge in [0.25, 0.3) is 11.8 Å². The van der Waals surface area contributed by atoms with Gasteiger partial charge in [0.05, 0.1) is 11.1 Å². The van der Waals surface area contributed by atoms with Crippen LogP contribution in [0.2, 0.25) is 0 Å². The van der Waals surface area contributed by atoms with Gasteiger partial charge in [0.15, 0.2) is 11.5 Å². The minimum atomic E-state index is -0.450. The van der Waals surface area contributed by atoms with Crippen molar-refractivity contribution < 1.29 is 23.5 Å². The van der Waals surface area contributed by atoms with Crippen LogP contribution in [-0.2, 0) is 6.54 Å². The third-order valence-corrected chi connectivity index (χ3v) is 4.25. The highest BCUT2D eigenvalue weighted by Crippen LogP contribution is 2.32. The number of carbonyl (C=O) groups excluding carboxylic acids is 2. The monoisotopic (exact) mass is 393 g/mol. The molecule has 1 aliphatic rings. The number of amides is 2. The molecule has 0 unspecified atom stereocenters. The van der Waals surface area contributed by atoms with Crippen LogP contribution in [-0.4, -0.2) is 23.6 Å². The molecule has 0 aliphatic carbocycles. The van der Waals surface area contributed by atoms with E-state index < -0.39 is 11.7 Å². The smallest absolute Gasteiger partial charge is 0.257 e. The Morgan fingerprint density at radius 3 is 2.45 bits per heavy atom. The predicted molar refractivity (Wildman–Crippen MR) is 102 cm³/mol. The topological polar surface area (TPSA) is 89.6 Å². The highest BCUT2D eigenvalue weighted by atomic mass is 19.1. The first-order chi connectivity index (χ1) is 14.1. The molecule has 0 fully saturated rings. The van der Waals surface area contributed by atoms with Crippen molar-refractivity contribution in [3.8, 4) is 11.5 Å². The molecule has 0 spiro atoms. The van der Waals surface area contributed by atoms with Crippen LogP contribution in [0.1, 0.15) is 26.3 Å². The summed E-state index contributed by atoms with van der Waals surface area (Å²) in [6.07, 6.45) is 2.73. The third kappa shape index (κ3) is 4.32. The number of hydrogen-bond acceptors (Lipinski definition) is 5. The van der Waals surface area contributed by atoms with E-state index in [1.54, 1.807) is 12.1 Å². The van der Waals surface area contributed by atoms with E-state index >= 15 is 0 Å². The summed E-state index contributed by atoms with van der Waals surface area (Å²) in [6.45, 7) is 0.463. The van der Waals surface area contributed by atoms with Crippen molar-refractivity contribution in [3.63, 3.8) is 0 Å². The molecule has 8 heteroatoms. The van der Waals surface area contributed by atoms with Crippen LogP contribution in [0.5, 0.6) is 11.5 Å². The Morgan fingerprint density at radius 2 is 1.66 bits per heavy atom. The molecule has 1 aromatic heterocycles. The molecule has 1 aliphatic heterocycles. The van der Waals surface area contributed by atoms with Gasteiger partial charge in [0, 0.05) is 24.6 Å². The summed E-state index contributed by atoms with van der Waals surface area (Å²) in [7, 11) is 0. The molecule has 0 saturated heterocycles. The third-order valence-electron chi connectivity index (χ3n) is 4.25. The molecular formula is C21H16FN3O4. The van der Waals surface area contributed by atoms with E-state index in [9.17, 15) is 14.0 Å². The van der Waals surface area contributed by atoms with Gasteiger partial charge in [-0.1, -0.05) is 6.07 Å². The Bertz CT molecular complexity index is 1070. The van der Waals surface area contributed by atoms with Crippen molar-refractivity contribution in [1.29, 1.82) is 0 Å². The van der Waals surface area contributed by atoms with Gasteiger partial charge in [-0.15, -0.1) is 0 Å². The Kier molecular flexibility index (Phi) is 5.07. The Balaban J connectivity index is 1.40. The molecule has 4 rings (SSSR count). The Hall–Kier alpha value is -3.94. The van der Waals surface area contributed by atoms with Crippen LogP contribution >= 0.6 is 0 Å². The number of ether oxygens (including phenoxy) is 2. The van der Waals surface area contributed by atoms with Crippen molar-refractivity contribution in [3.05, 3.63) is 83.4 Å². The average molecular weight is 393 g/mol. The van der Waals surface area contributed by atoms with Gasteiger partial charge < -0.3 is 20.1 Å². The fourth-order valence-electron chi connectivity index (χ4n) is 2.76. The number of rotatable bonds is 5. The summed E-state index contributed by atoms with van der Waals surface area (Å²) in [6, 6.07) is 12.2. The number of anilines is 1. The number of benzene rings is 2. The number of pyridine rings is 1. The van der Waals surface area contributed by atoms with Crippen LogP contribution in [0.3, 0.4) is 0 Å². The molecule has 2 aromatic carbocycles. The first-order valence-electron chi connectivity index (χ1n) is 8.77. The first kappa shape index (κ1) is 18.4. The lowest BCUT2D eigenvalue weighted by atomic mass is 10.1. The lowest BCUT2D eigenvalue weighted by Crippen LogP contribution is -2.23. The molecule has 0 bridgehead atoms. The maximum absolute atomic E-state index is 13.0. The van der Waals surface area contributed by atoms with Crippen molar-refractivity contribution in [1.82, 2.24) is 10.3 Å². The number of aromatic nitrogens is 1. The zero-order chi connectivity index (χ0) is 20.2. The molecule has 146 valence electrons. The molecule has 7 nitrogen and oxygen atoms in total. The largest absolute Gasteiger partial charge is 0.454 e. The average Bonchev–Trinajstić information content (AvgIpc) is 3.21. The second kappa shape index (κ2) is 7.97. The molecule has 0 saturated carbocycles. The summed E-state index contributed by atoms with van der Waals surface area (Å²) in [5, 5.41) is 5.41. The van der Waals surface area contributed by atoms with Crippen LogP contribution < -0.4 is 20.1 Å². The maximum atomic E-state index is 13.0. The van der Waals surface area contributed by atoms with Gasteiger partial charge in [0.1, 0.15) is 5.82 Å². The van der Waals surface area contributed by atoms with Gasteiger partial charge in [-0.25, -0.2) is 4.39 Å². The van der Waals surface area contributed by atoms with Crippen LogP contribution in [0.15, 0.2) is 60.9 Å². The lowest BCUT2D eigenvalue weighted by Gasteiger charge is -2.08. The molecule has 2 heterocycles. The van der Waals surface area contributed by atoms with E-state index in [4.69, 9.17) is 9.47 Å². The van der Waals surface area contributed by atoms with E-state index in [-0.39, 0.29) is 30.4 Å². The van der Waals surface area contributed by atoms with Crippen LogP contribution in [0, 0.1) is 5.82 Å². The highest BCUT2D eigenvalue weighted by molar-refractivity contribution is 6.05. The van der Waals surface area contributed by atoms with Crippen molar-refractivity contribution in [2.24, 2.45) is 0 Å². The first-order valence-corrected chi connectivity index (χ1v) is 8.77. The molecular weight excluding hydrogens is 377 g/mol. The second-order valence-corrected chi connectivity index (χ2v) is 6.29. The number of fused-ring (bicyclic) bond motifs is 1. The van der Waals surface area contributed by atoms with Crippen molar-refractivity contribution >= 4 is 17.5 Å². The van der Waals surface area contributed by atoms with Crippen LogP contribution in [0.25, 0.3) is 0 Å². The molecule has 0 atom stereocenters. The summed E-state index contributed by atoms with van der Waals surface area (Å²) in [4.78, 5) is 28.8. The standard InChI is InChI=1S/C21H16FN3O4/c22-16-2-4-17(5-3-16)25-21(27)15-8-14(10-23-11-15)20(26)24-9-13-1-6-18-19(7-13)29-12-28-18/h1-8,10-11H,9,12H2,(H,24,26)(H,25,27). The second-order valence-electron chi connectivity index (χ2n) is 6.29. The summed E-state index contributed by atoms with van der Waals surface area (Å²) < 4.78 is 23.5. The Morgan fingerprint density at radius 1 is 0.931 bits per heavy atom. The number of halogens is 1. The zero-order valence-electron chi connectivity index (χ0n) is 15.1. The van der Waals surface area contributed by atoms with E-state index in [0.29, 0.717) is 17.2 Å². The zero-order valence-corrected chi connectivity index (χ0v) is 15.1. The van der Waals surface area contributed by atoms with Gasteiger partial charge in [-0.2, -0.15) is 0 Å². The fraction of sp³-hybridized carbons (Fsp3) is 0.0952. The Labute approximate surface area is 165 Å². The summed E-state index contributed by atoms with van der Waals surface area (Å²) >= 11 is 0. The molecule has 2 N–H and O–H groups in total. The summed E-state index contributed by atoms with van der Waals surface area (Å²) in [5.74, 6) is 0.0916. The number of nitrogens with one attached hydrogen (secondary N) is 2. The molecule has 3 aromatic rings. The van der Waals surface area contributed by atoms with Crippen molar-refractivity contribution in [2.75, 3.05) is 12.1 Å². The van der Waals surface area contributed by atoms with E-state index in [0.717, 1.165) is 5.56 Å². The number of nitrogens with zero attached hydrogens (tertiary/aromatic N) is 1. The highest BCUT2D eigenvalue weighted by Gasteiger charge is 2.15. The fourth-order valence-corrected chi connectivity index (χ4v) is 2.76. The number of carbonyl (C=O) groups is 2. The van der Waals surface area contributed by atoms with Gasteiger partial charge >= 0.3 is 0 Å². The summed E-state index contributed by atoms with van der Waals surface area (Å²) in [5.41, 5.74) is 1.75. The predicted octanol–water partition coefficient (Wildman–Crippen LogP) is 3.13. The normalized spacial score (nSPS) is 11.8. The maximum Gasteiger partial charge on any atom is 0.257 e. The van der Waals surface area contributed by atoms with Crippen molar-refractivity contribution in [2.45, 2.75) is 6.54 Å². The minimum Gasteiger partial charge on any atom is -0.454 e. The SMILES string of the molecule is O=C(NCc1ccc2c(c1)OCO2)c1cncc(C(=O)Nc2ccc(F)cc2)c1. The van der Waals surface area contributed by atoms with Gasteiger partial charge in [0.2, 0.25) is 6.79 Å². The molecule has 29 heavy (non-hydrogen) atoms. The lowest BCUT2D eigenvalue weighted by molar-refractivity contribution is 0.0950. The minimum absolute atomic E-state index is 0.184.